The Labute approximate surface area is 214 Å². The van der Waals surface area contributed by atoms with E-state index in [9.17, 15) is 8.42 Å². The van der Waals surface area contributed by atoms with Gasteiger partial charge in [-0.15, -0.1) is 11.8 Å². The van der Waals surface area contributed by atoms with Crippen LogP contribution in [0, 0.1) is 0 Å². The third-order valence-electron chi connectivity index (χ3n) is 5.30. The number of sulfone groups is 1. The molecular weight excluding hydrogens is 501 g/mol. The van der Waals surface area contributed by atoms with E-state index in [1.807, 2.05) is 35.2 Å². The second-order valence-electron chi connectivity index (χ2n) is 8.24. The number of thioether (sulfide) groups is 1. The van der Waals surface area contributed by atoms with Crippen molar-refractivity contribution in [1.82, 2.24) is 19.1 Å². The number of nitrogens with zero attached hydrogens (tertiary/aromatic N) is 4. The van der Waals surface area contributed by atoms with Crippen LogP contribution in [0.1, 0.15) is 31.0 Å². The van der Waals surface area contributed by atoms with Crippen molar-refractivity contribution in [1.29, 1.82) is 0 Å². The van der Waals surface area contributed by atoms with Crippen molar-refractivity contribution in [2.24, 2.45) is 0 Å². The van der Waals surface area contributed by atoms with Crippen molar-refractivity contribution in [2.75, 3.05) is 18.5 Å². The number of hydrogen-bond acceptors (Lipinski definition) is 8. The van der Waals surface area contributed by atoms with Crippen LogP contribution >= 0.6 is 23.3 Å². The highest BCUT2D eigenvalue weighted by molar-refractivity contribution is 7.98. The van der Waals surface area contributed by atoms with Gasteiger partial charge in [0.15, 0.2) is 20.7 Å². The first-order valence-corrected chi connectivity index (χ1v) is 14.9. The summed E-state index contributed by atoms with van der Waals surface area (Å²) in [4.78, 5) is 4.98. The van der Waals surface area contributed by atoms with Gasteiger partial charge in [0, 0.05) is 11.8 Å². The zero-order valence-electron chi connectivity index (χ0n) is 19.9. The molecule has 35 heavy (non-hydrogen) atoms. The molecule has 0 atom stereocenters. The molecule has 7 nitrogen and oxygen atoms in total. The van der Waals surface area contributed by atoms with Crippen LogP contribution < -0.4 is 0 Å². The van der Waals surface area contributed by atoms with Gasteiger partial charge in [-0.2, -0.15) is 9.47 Å². The lowest BCUT2D eigenvalue weighted by Gasteiger charge is -2.14. The Morgan fingerprint density at radius 2 is 1.94 bits per heavy atom. The molecule has 0 unspecified atom stereocenters. The first-order valence-electron chi connectivity index (χ1n) is 10.8. The molecule has 10 heteroatoms. The summed E-state index contributed by atoms with van der Waals surface area (Å²) in [5.74, 6) is 1.70. The Morgan fingerprint density at radius 1 is 1.17 bits per heavy atom. The standard InChI is InChI=1S/C25H26N4O3S3/c1-16(2)20-11-6-7-12-22(20)29-23(14-21(27-29)17(3)32-15-33-4)25-26-24(28-34-25)18-9-8-10-19(13-18)35(5,30)31/h6-14,16H,3,15H2,1-2,4-5H3. The second-order valence-corrected chi connectivity index (χ2v) is 11.8. The van der Waals surface area contributed by atoms with E-state index in [0.29, 0.717) is 33.8 Å². The van der Waals surface area contributed by atoms with Gasteiger partial charge >= 0.3 is 0 Å². The van der Waals surface area contributed by atoms with E-state index >= 15 is 0 Å². The predicted octanol–water partition coefficient (Wildman–Crippen LogP) is 5.89. The topological polar surface area (TPSA) is 87.0 Å². The van der Waals surface area contributed by atoms with E-state index in [0.717, 1.165) is 16.9 Å². The average molecular weight is 527 g/mol. The molecule has 0 fully saturated rings. The van der Waals surface area contributed by atoms with E-state index in [1.54, 1.807) is 36.0 Å². The molecule has 0 saturated heterocycles. The van der Waals surface area contributed by atoms with Crippen molar-refractivity contribution < 1.29 is 13.2 Å². The van der Waals surface area contributed by atoms with Gasteiger partial charge in [0.25, 0.3) is 0 Å². The fourth-order valence-electron chi connectivity index (χ4n) is 3.54. The third kappa shape index (κ3) is 5.50. The summed E-state index contributed by atoms with van der Waals surface area (Å²) in [6, 6.07) is 16.7. The zero-order valence-corrected chi connectivity index (χ0v) is 22.4. The smallest absolute Gasteiger partial charge is 0.175 e. The molecular formula is C25H26N4O3S3. The summed E-state index contributed by atoms with van der Waals surface area (Å²) in [6.07, 6.45) is 3.14. The Balaban J connectivity index is 1.83. The lowest BCUT2D eigenvalue weighted by atomic mass is 10.0. The van der Waals surface area contributed by atoms with Gasteiger partial charge in [-0.3, -0.25) is 0 Å². The second kappa shape index (κ2) is 10.3. The summed E-state index contributed by atoms with van der Waals surface area (Å²) in [5.41, 5.74) is 4.09. The minimum atomic E-state index is -3.34. The van der Waals surface area contributed by atoms with Crippen molar-refractivity contribution in [2.45, 2.75) is 24.7 Å². The van der Waals surface area contributed by atoms with Crippen molar-refractivity contribution in [3.8, 4) is 27.8 Å². The molecule has 0 amide bonds. The largest absolute Gasteiger partial charge is 0.481 e. The summed E-state index contributed by atoms with van der Waals surface area (Å²) in [6.45, 7) is 8.33. The van der Waals surface area contributed by atoms with Gasteiger partial charge in [-0.25, -0.2) is 18.1 Å². The highest BCUT2D eigenvalue weighted by atomic mass is 32.2. The molecule has 2 aromatic carbocycles. The van der Waals surface area contributed by atoms with E-state index in [4.69, 9.17) is 14.8 Å². The maximum Gasteiger partial charge on any atom is 0.175 e. The Kier molecular flexibility index (Phi) is 7.44. The van der Waals surface area contributed by atoms with Crippen LogP contribution in [0.4, 0.5) is 0 Å². The number of benzene rings is 2. The molecule has 4 rings (SSSR count). The van der Waals surface area contributed by atoms with Crippen molar-refractivity contribution in [3.05, 3.63) is 72.4 Å². The first kappa shape index (κ1) is 25.2. The molecule has 0 aliphatic heterocycles. The zero-order chi connectivity index (χ0) is 25.2. The van der Waals surface area contributed by atoms with E-state index in [1.165, 1.54) is 17.8 Å². The number of hydrogen-bond donors (Lipinski definition) is 0. The molecule has 0 spiro atoms. The fourth-order valence-corrected chi connectivity index (χ4v) is 5.15. The van der Waals surface area contributed by atoms with Crippen molar-refractivity contribution >= 4 is 38.9 Å². The Hall–Kier alpha value is -2.95. The first-order chi connectivity index (χ1) is 16.7. The third-order valence-corrected chi connectivity index (χ3v) is 7.50. The SMILES string of the molecule is C=C(OCSC)c1cc(-c2nc(-c3cccc(S(C)(=O)=O)c3)ns2)n(-c2ccccc2C(C)C)n1. The van der Waals surface area contributed by atoms with Crippen LogP contribution in [0.5, 0.6) is 0 Å². The number of para-hydroxylation sites is 1. The van der Waals surface area contributed by atoms with Gasteiger partial charge < -0.3 is 4.74 Å². The highest BCUT2D eigenvalue weighted by Crippen LogP contribution is 2.33. The molecule has 4 aromatic rings. The number of ether oxygens (including phenoxy) is 1. The van der Waals surface area contributed by atoms with Gasteiger partial charge in [-0.1, -0.05) is 50.8 Å². The minimum Gasteiger partial charge on any atom is -0.481 e. The Morgan fingerprint density at radius 3 is 2.66 bits per heavy atom. The number of rotatable bonds is 9. The lowest BCUT2D eigenvalue weighted by Crippen LogP contribution is -2.05. The summed E-state index contributed by atoms with van der Waals surface area (Å²) >= 11 is 2.79. The van der Waals surface area contributed by atoms with Gasteiger partial charge in [-0.05, 0) is 53.5 Å². The van der Waals surface area contributed by atoms with Crippen LogP contribution in [-0.2, 0) is 14.6 Å². The van der Waals surface area contributed by atoms with Crippen LogP contribution in [0.3, 0.4) is 0 Å². The van der Waals surface area contributed by atoms with Crippen LogP contribution in [0.2, 0.25) is 0 Å². The van der Waals surface area contributed by atoms with E-state index < -0.39 is 9.84 Å². The quantitative estimate of drug-likeness (QED) is 0.198. The molecule has 2 heterocycles. The fraction of sp³-hybridized carbons (Fsp3) is 0.240. The molecule has 0 aliphatic rings. The monoisotopic (exact) mass is 526 g/mol. The van der Waals surface area contributed by atoms with E-state index in [2.05, 4.69) is 30.9 Å². The molecule has 182 valence electrons. The normalized spacial score (nSPS) is 11.7. The molecule has 0 saturated carbocycles. The van der Waals surface area contributed by atoms with Crippen LogP contribution in [0.15, 0.2) is 66.1 Å². The molecule has 0 bridgehead atoms. The molecule has 0 aliphatic carbocycles. The summed E-state index contributed by atoms with van der Waals surface area (Å²) in [5, 5.41) is 5.48. The number of aromatic nitrogens is 4. The summed E-state index contributed by atoms with van der Waals surface area (Å²) in [7, 11) is -3.34. The highest BCUT2D eigenvalue weighted by Gasteiger charge is 2.21. The molecule has 0 N–H and O–H groups in total. The van der Waals surface area contributed by atoms with Crippen molar-refractivity contribution in [3.63, 3.8) is 0 Å². The van der Waals surface area contributed by atoms with Crippen LogP contribution in [-0.4, -0.2) is 46.0 Å². The van der Waals surface area contributed by atoms with Gasteiger partial charge in [0.2, 0.25) is 0 Å². The lowest BCUT2D eigenvalue weighted by molar-refractivity contribution is 0.348. The minimum absolute atomic E-state index is 0.229. The van der Waals surface area contributed by atoms with Crippen LogP contribution in [0.25, 0.3) is 33.5 Å². The maximum atomic E-state index is 12.0. The average Bonchev–Trinajstić information content (AvgIpc) is 3.50. The van der Waals surface area contributed by atoms with Gasteiger partial charge in [0.05, 0.1) is 10.6 Å². The summed E-state index contributed by atoms with van der Waals surface area (Å²) < 4.78 is 36.1. The van der Waals surface area contributed by atoms with Gasteiger partial charge in [0.1, 0.15) is 23.1 Å². The predicted molar refractivity (Wildman–Crippen MR) is 144 cm³/mol. The molecule has 0 radical (unpaired) electrons. The maximum absolute atomic E-state index is 12.0. The van der Waals surface area contributed by atoms with E-state index in [-0.39, 0.29) is 10.8 Å². The Bertz CT molecular complexity index is 1470. The molecule has 2 aromatic heterocycles.